The van der Waals surface area contributed by atoms with Crippen molar-refractivity contribution in [1.29, 1.82) is 0 Å². The summed E-state index contributed by atoms with van der Waals surface area (Å²) in [5, 5.41) is 3.31. The average molecular weight is 299 g/mol. The number of rotatable bonds is 8. The molecule has 20 heavy (non-hydrogen) atoms. The number of hydrogen-bond acceptors (Lipinski definition) is 4. The van der Waals surface area contributed by atoms with Crippen molar-refractivity contribution in [3.63, 3.8) is 0 Å². The molecule has 0 atom stereocenters. The number of nitrogens with one attached hydrogen (secondary N) is 1. The number of pyridine rings is 1. The van der Waals surface area contributed by atoms with E-state index in [9.17, 15) is 8.42 Å². The van der Waals surface area contributed by atoms with Crippen molar-refractivity contribution in [1.82, 2.24) is 14.6 Å². The molecule has 1 heterocycles. The van der Waals surface area contributed by atoms with Crippen LogP contribution in [0.5, 0.6) is 0 Å². The summed E-state index contributed by atoms with van der Waals surface area (Å²) in [6.07, 6.45) is 2.41. The summed E-state index contributed by atoms with van der Waals surface area (Å²) >= 11 is 0. The Morgan fingerprint density at radius 2 is 2.00 bits per heavy atom. The van der Waals surface area contributed by atoms with Crippen molar-refractivity contribution >= 4 is 10.0 Å². The van der Waals surface area contributed by atoms with E-state index in [0.29, 0.717) is 13.1 Å². The van der Waals surface area contributed by atoms with E-state index in [-0.39, 0.29) is 11.1 Å². The van der Waals surface area contributed by atoms with E-state index in [0.717, 1.165) is 18.5 Å². The van der Waals surface area contributed by atoms with Crippen LogP contribution in [0.25, 0.3) is 0 Å². The van der Waals surface area contributed by atoms with Gasteiger partial charge in [-0.05, 0) is 38.4 Å². The van der Waals surface area contributed by atoms with Crippen LogP contribution < -0.4 is 5.32 Å². The van der Waals surface area contributed by atoms with Crippen LogP contribution in [0.4, 0.5) is 0 Å². The average Bonchev–Trinajstić information content (AvgIpc) is 2.42. The van der Waals surface area contributed by atoms with Crippen LogP contribution in [0, 0.1) is 0 Å². The topological polar surface area (TPSA) is 62.3 Å². The molecule has 0 amide bonds. The van der Waals surface area contributed by atoms with Gasteiger partial charge in [0, 0.05) is 25.3 Å². The lowest BCUT2D eigenvalue weighted by atomic mass is 10.3. The first kappa shape index (κ1) is 17.1. The molecule has 0 aromatic carbocycles. The van der Waals surface area contributed by atoms with Crippen LogP contribution in [-0.2, 0) is 16.6 Å². The smallest absolute Gasteiger partial charge is 0.260 e. The highest BCUT2D eigenvalue weighted by molar-refractivity contribution is 7.89. The third-order valence-electron chi connectivity index (χ3n) is 2.97. The van der Waals surface area contributed by atoms with Crippen molar-refractivity contribution in [2.45, 2.75) is 51.7 Å². The van der Waals surface area contributed by atoms with E-state index in [1.165, 1.54) is 4.31 Å². The number of sulfonamides is 1. The van der Waals surface area contributed by atoms with Crippen molar-refractivity contribution in [3.8, 4) is 0 Å². The molecule has 1 aromatic heterocycles. The van der Waals surface area contributed by atoms with E-state index < -0.39 is 10.0 Å². The minimum atomic E-state index is -3.50. The van der Waals surface area contributed by atoms with E-state index in [4.69, 9.17) is 0 Å². The fraction of sp³-hybridized carbons (Fsp3) is 0.643. The highest BCUT2D eigenvalue weighted by Gasteiger charge is 2.27. The van der Waals surface area contributed by atoms with Gasteiger partial charge in [-0.2, -0.15) is 4.31 Å². The Labute approximate surface area is 122 Å². The van der Waals surface area contributed by atoms with Gasteiger partial charge < -0.3 is 5.32 Å². The second-order valence-electron chi connectivity index (χ2n) is 4.99. The first-order chi connectivity index (χ1) is 9.43. The maximum Gasteiger partial charge on any atom is 0.260 e. The summed E-state index contributed by atoms with van der Waals surface area (Å²) in [5.41, 5.74) is 0.984. The minimum absolute atomic E-state index is 0.0665. The van der Waals surface area contributed by atoms with Crippen molar-refractivity contribution in [3.05, 3.63) is 23.9 Å². The van der Waals surface area contributed by atoms with Gasteiger partial charge in [0.05, 0.1) is 0 Å². The second kappa shape index (κ2) is 7.71. The normalized spacial score (nSPS) is 12.3. The number of nitrogens with zero attached hydrogens (tertiary/aromatic N) is 2. The quantitative estimate of drug-likeness (QED) is 0.797. The zero-order chi connectivity index (χ0) is 15.2. The molecule has 5 nitrogen and oxygen atoms in total. The zero-order valence-corrected chi connectivity index (χ0v) is 13.6. The Morgan fingerprint density at radius 3 is 2.45 bits per heavy atom. The number of hydrogen-bond donors (Lipinski definition) is 1. The first-order valence-electron chi connectivity index (χ1n) is 7.11. The lowest BCUT2D eigenvalue weighted by Crippen LogP contribution is -2.37. The molecule has 1 N–H and O–H groups in total. The van der Waals surface area contributed by atoms with Gasteiger partial charge in [0.15, 0.2) is 5.03 Å². The van der Waals surface area contributed by atoms with Gasteiger partial charge in [0.1, 0.15) is 0 Å². The largest absolute Gasteiger partial charge is 0.313 e. The summed E-state index contributed by atoms with van der Waals surface area (Å²) in [7, 11) is -3.50. The van der Waals surface area contributed by atoms with Gasteiger partial charge in [-0.15, -0.1) is 0 Å². The molecule has 0 fully saturated rings. The summed E-state index contributed by atoms with van der Waals surface area (Å²) < 4.78 is 26.6. The molecule has 0 saturated carbocycles. The van der Waals surface area contributed by atoms with Crippen LogP contribution >= 0.6 is 0 Å². The molecule has 0 saturated heterocycles. The molecular formula is C14H25N3O2S. The molecule has 0 aliphatic heterocycles. The van der Waals surface area contributed by atoms with Crippen molar-refractivity contribution in [2.75, 3.05) is 13.1 Å². The van der Waals surface area contributed by atoms with E-state index in [1.807, 2.05) is 33.8 Å². The summed E-state index contributed by atoms with van der Waals surface area (Å²) in [4.78, 5) is 4.12. The Hall–Kier alpha value is -0.980. The van der Waals surface area contributed by atoms with Crippen LogP contribution in [0.1, 0.15) is 39.7 Å². The van der Waals surface area contributed by atoms with Crippen LogP contribution in [0.3, 0.4) is 0 Å². The summed E-state index contributed by atoms with van der Waals surface area (Å²) in [6, 6.07) is 3.34. The minimum Gasteiger partial charge on any atom is -0.313 e. The second-order valence-corrected chi connectivity index (χ2v) is 6.83. The predicted octanol–water partition coefficient (Wildman–Crippen LogP) is 2.00. The van der Waals surface area contributed by atoms with Crippen molar-refractivity contribution < 1.29 is 8.42 Å². The van der Waals surface area contributed by atoms with Gasteiger partial charge >= 0.3 is 0 Å². The predicted molar refractivity (Wildman–Crippen MR) is 80.9 cm³/mol. The molecule has 0 radical (unpaired) electrons. The molecular weight excluding hydrogens is 274 g/mol. The molecule has 0 aliphatic carbocycles. The molecule has 1 aromatic rings. The molecule has 0 bridgehead atoms. The third-order valence-corrected chi connectivity index (χ3v) is 4.96. The SMILES string of the molecule is CCCN(C(C)C)S(=O)(=O)c1ccc(CNCC)cn1. The van der Waals surface area contributed by atoms with Crippen LogP contribution in [-0.4, -0.2) is 36.8 Å². The maximum atomic E-state index is 12.5. The fourth-order valence-electron chi connectivity index (χ4n) is 1.93. The van der Waals surface area contributed by atoms with Gasteiger partial charge in [-0.25, -0.2) is 13.4 Å². The fourth-order valence-corrected chi connectivity index (χ4v) is 3.58. The molecule has 114 valence electrons. The first-order valence-corrected chi connectivity index (χ1v) is 8.55. The highest BCUT2D eigenvalue weighted by Crippen LogP contribution is 2.17. The third kappa shape index (κ3) is 4.26. The lowest BCUT2D eigenvalue weighted by Gasteiger charge is -2.24. The van der Waals surface area contributed by atoms with E-state index in [1.54, 1.807) is 12.3 Å². The molecule has 6 heteroatoms. The Morgan fingerprint density at radius 1 is 1.30 bits per heavy atom. The van der Waals surface area contributed by atoms with Crippen LogP contribution in [0.15, 0.2) is 23.4 Å². The Kier molecular flexibility index (Phi) is 6.58. The zero-order valence-electron chi connectivity index (χ0n) is 12.8. The monoisotopic (exact) mass is 299 g/mol. The van der Waals surface area contributed by atoms with Gasteiger partial charge in [-0.1, -0.05) is 19.9 Å². The number of aromatic nitrogens is 1. The van der Waals surface area contributed by atoms with Gasteiger partial charge in [0.2, 0.25) is 0 Å². The Bertz CT molecular complexity index is 498. The van der Waals surface area contributed by atoms with Crippen molar-refractivity contribution in [2.24, 2.45) is 0 Å². The van der Waals surface area contributed by atoms with Gasteiger partial charge in [0.25, 0.3) is 10.0 Å². The summed E-state index contributed by atoms with van der Waals surface area (Å²) in [5.74, 6) is 0. The highest BCUT2D eigenvalue weighted by atomic mass is 32.2. The standard InChI is InChI=1S/C14H25N3O2S/c1-5-9-17(12(3)4)20(18,19)14-8-7-13(11-16-14)10-15-6-2/h7-8,11-12,15H,5-6,9-10H2,1-4H3. The summed E-state index contributed by atoms with van der Waals surface area (Å²) in [6.45, 7) is 9.85. The molecule has 0 aliphatic rings. The molecule has 0 spiro atoms. The molecule has 0 unspecified atom stereocenters. The van der Waals surface area contributed by atoms with E-state index in [2.05, 4.69) is 10.3 Å². The van der Waals surface area contributed by atoms with Crippen LogP contribution in [0.2, 0.25) is 0 Å². The van der Waals surface area contributed by atoms with E-state index >= 15 is 0 Å². The maximum absolute atomic E-state index is 12.5. The Balaban J connectivity index is 2.96. The molecule has 1 rings (SSSR count). The lowest BCUT2D eigenvalue weighted by molar-refractivity contribution is 0.352. The van der Waals surface area contributed by atoms with Gasteiger partial charge in [-0.3, -0.25) is 0 Å².